The smallest absolute Gasteiger partial charge is 0.337 e. The average molecular weight is 261 g/mol. The summed E-state index contributed by atoms with van der Waals surface area (Å²) in [6, 6.07) is 4.51. The maximum atomic E-state index is 13.0. The quantitative estimate of drug-likeness (QED) is 0.874. The van der Waals surface area contributed by atoms with Gasteiger partial charge in [-0.3, -0.25) is 4.79 Å². The number of aromatic nitrogens is 2. The third kappa shape index (κ3) is 2.89. The number of benzene rings is 1. The summed E-state index contributed by atoms with van der Waals surface area (Å²) in [6.07, 6.45) is 2.57. The standard InChI is InChI=1S/C12H8FN3O3/c13-8-1-2-10(9(5-8)12(18)19)16-11(17)7-3-4-14-15-6-7/h1-6H,(H,16,17)(H,18,19). The fourth-order valence-corrected chi connectivity index (χ4v) is 1.42. The van der Waals surface area contributed by atoms with Gasteiger partial charge < -0.3 is 10.4 Å². The van der Waals surface area contributed by atoms with Crippen LogP contribution in [0.5, 0.6) is 0 Å². The van der Waals surface area contributed by atoms with E-state index in [9.17, 15) is 14.0 Å². The Hall–Kier alpha value is -2.83. The van der Waals surface area contributed by atoms with Gasteiger partial charge in [-0.15, -0.1) is 0 Å². The van der Waals surface area contributed by atoms with Crippen molar-refractivity contribution in [3.05, 3.63) is 53.6 Å². The normalized spacial score (nSPS) is 9.95. The second-order valence-corrected chi connectivity index (χ2v) is 3.58. The zero-order chi connectivity index (χ0) is 13.8. The zero-order valence-corrected chi connectivity index (χ0v) is 9.50. The van der Waals surface area contributed by atoms with Gasteiger partial charge in [-0.2, -0.15) is 10.2 Å². The minimum Gasteiger partial charge on any atom is -0.478 e. The first-order valence-electron chi connectivity index (χ1n) is 5.19. The molecule has 1 amide bonds. The molecule has 2 rings (SSSR count). The largest absolute Gasteiger partial charge is 0.478 e. The number of rotatable bonds is 3. The molecule has 0 radical (unpaired) electrons. The lowest BCUT2D eigenvalue weighted by Gasteiger charge is -2.08. The summed E-state index contributed by atoms with van der Waals surface area (Å²) in [4.78, 5) is 22.8. The maximum absolute atomic E-state index is 13.0. The van der Waals surface area contributed by atoms with E-state index in [0.29, 0.717) is 0 Å². The van der Waals surface area contributed by atoms with Gasteiger partial charge in [0.05, 0.1) is 29.2 Å². The first kappa shape index (κ1) is 12.6. The summed E-state index contributed by atoms with van der Waals surface area (Å²) in [7, 11) is 0. The summed E-state index contributed by atoms with van der Waals surface area (Å²) >= 11 is 0. The Kier molecular flexibility index (Phi) is 3.46. The number of halogens is 1. The summed E-state index contributed by atoms with van der Waals surface area (Å²) in [6.45, 7) is 0. The molecule has 0 unspecified atom stereocenters. The molecule has 1 heterocycles. The first-order valence-corrected chi connectivity index (χ1v) is 5.19. The van der Waals surface area contributed by atoms with Crippen LogP contribution in [0, 0.1) is 5.82 Å². The molecule has 0 spiro atoms. The molecular formula is C12H8FN3O3. The minimum absolute atomic E-state index is 0.00992. The van der Waals surface area contributed by atoms with E-state index in [4.69, 9.17) is 5.11 Å². The number of aromatic carboxylic acids is 1. The molecule has 1 aromatic carbocycles. The van der Waals surface area contributed by atoms with E-state index in [0.717, 1.165) is 12.1 Å². The molecule has 0 aliphatic heterocycles. The number of nitrogens with one attached hydrogen (secondary N) is 1. The van der Waals surface area contributed by atoms with E-state index in [1.165, 1.54) is 24.5 Å². The van der Waals surface area contributed by atoms with E-state index in [1.54, 1.807) is 0 Å². The van der Waals surface area contributed by atoms with Crippen molar-refractivity contribution < 1.29 is 19.1 Å². The van der Waals surface area contributed by atoms with E-state index < -0.39 is 17.7 Å². The summed E-state index contributed by atoms with van der Waals surface area (Å²) in [5, 5.41) is 18.4. The summed E-state index contributed by atoms with van der Waals surface area (Å²) in [5.41, 5.74) is -0.0956. The van der Waals surface area contributed by atoms with Crippen molar-refractivity contribution in [1.82, 2.24) is 10.2 Å². The molecule has 0 atom stereocenters. The fourth-order valence-electron chi connectivity index (χ4n) is 1.42. The van der Waals surface area contributed by atoms with Crippen LogP contribution >= 0.6 is 0 Å². The number of hydrogen-bond acceptors (Lipinski definition) is 4. The number of anilines is 1. The number of amides is 1. The van der Waals surface area contributed by atoms with Crippen molar-refractivity contribution in [2.24, 2.45) is 0 Å². The maximum Gasteiger partial charge on any atom is 0.337 e. The van der Waals surface area contributed by atoms with E-state index in [2.05, 4.69) is 15.5 Å². The molecule has 0 bridgehead atoms. The molecule has 0 saturated heterocycles. The lowest BCUT2D eigenvalue weighted by atomic mass is 10.1. The molecule has 0 saturated carbocycles. The van der Waals surface area contributed by atoms with Gasteiger partial charge in [0, 0.05) is 0 Å². The van der Waals surface area contributed by atoms with Gasteiger partial charge in [0.25, 0.3) is 5.91 Å². The van der Waals surface area contributed by atoms with Crippen LogP contribution in [-0.2, 0) is 0 Å². The number of nitrogens with zero attached hydrogens (tertiary/aromatic N) is 2. The summed E-state index contributed by atoms with van der Waals surface area (Å²) in [5.74, 6) is -2.58. The molecule has 0 aliphatic rings. The lowest BCUT2D eigenvalue weighted by molar-refractivity contribution is 0.0697. The Bertz CT molecular complexity index is 631. The number of carboxylic acids is 1. The molecule has 2 aromatic rings. The Labute approximate surface area is 106 Å². The SMILES string of the molecule is O=C(Nc1ccc(F)cc1C(=O)O)c1ccnnc1. The van der Waals surface area contributed by atoms with E-state index in [-0.39, 0.29) is 16.8 Å². The first-order chi connectivity index (χ1) is 9.08. The number of hydrogen-bond donors (Lipinski definition) is 2. The number of carbonyl (C=O) groups excluding carboxylic acids is 1. The third-order valence-corrected chi connectivity index (χ3v) is 2.31. The number of carboxylic acid groups (broad SMARTS) is 1. The van der Waals surface area contributed by atoms with Crippen LogP contribution in [-0.4, -0.2) is 27.2 Å². The van der Waals surface area contributed by atoms with Crippen molar-refractivity contribution in [3.63, 3.8) is 0 Å². The molecule has 1 aromatic heterocycles. The Morgan fingerprint density at radius 1 is 1.21 bits per heavy atom. The van der Waals surface area contributed by atoms with Gasteiger partial charge in [0.2, 0.25) is 0 Å². The lowest BCUT2D eigenvalue weighted by Crippen LogP contribution is -2.15. The Morgan fingerprint density at radius 3 is 2.63 bits per heavy atom. The monoisotopic (exact) mass is 261 g/mol. The van der Waals surface area contributed by atoms with Crippen molar-refractivity contribution in [1.29, 1.82) is 0 Å². The van der Waals surface area contributed by atoms with Crippen LogP contribution in [0.1, 0.15) is 20.7 Å². The predicted molar refractivity (Wildman–Crippen MR) is 63.3 cm³/mol. The molecule has 6 nitrogen and oxygen atoms in total. The van der Waals surface area contributed by atoms with Crippen LogP contribution in [0.2, 0.25) is 0 Å². The topological polar surface area (TPSA) is 92.2 Å². The van der Waals surface area contributed by atoms with Crippen LogP contribution in [0.4, 0.5) is 10.1 Å². The van der Waals surface area contributed by atoms with Gasteiger partial charge in [0.1, 0.15) is 5.82 Å². The minimum atomic E-state index is -1.33. The summed E-state index contributed by atoms with van der Waals surface area (Å²) < 4.78 is 13.0. The molecule has 96 valence electrons. The van der Waals surface area contributed by atoms with Gasteiger partial charge in [0.15, 0.2) is 0 Å². The van der Waals surface area contributed by atoms with Gasteiger partial charge in [-0.1, -0.05) is 0 Å². The highest BCUT2D eigenvalue weighted by molar-refractivity contribution is 6.07. The molecule has 0 fully saturated rings. The molecule has 2 N–H and O–H groups in total. The Balaban J connectivity index is 2.29. The predicted octanol–water partition coefficient (Wildman–Crippen LogP) is 1.57. The van der Waals surface area contributed by atoms with Crippen molar-refractivity contribution in [3.8, 4) is 0 Å². The second kappa shape index (κ2) is 5.21. The molecular weight excluding hydrogens is 253 g/mol. The van der Waals surface area contributed by atoms with Gasteiger partial charge in [-0.05, 0) is 24.3 Å². The fraction of sp³-hybridized carbons (Fsp3) is 0. The molecule has 0 aliphatic carbocycles. The number of carbonyl (C=O) groups is 2. The van der Waals surface area contributed by atoms with E-state index >= 15 is 0 Å². The highest BCUT2D eigenvalue weighted by atomic mass is 19.1. The van der Waals surface area contributed by atoms with Gasteiger partial charge >= 0.3 is 5.97 Å². The molecule has 7 heteroatoms. The van der Waals surface area contributed by atoms with Crippen molar-refractivity contribution >= 4 is 17.6 Å². The third-order valence-electron chi connectivity index (χ3n) is 2.31. The molecule has 19 heavy (non-hydrogen) atoms. The van der Waals surface area contributed by atoms with Crippen LogP contribution < -0.4 is 5.32 Å². The second-order valence-electron chi connectivity index (χ2n) is 3.58. The average Bonchev–Trinajstić information content (AvgIpc) is 2.41. The highest BCUT2D eigenvalue weighted by Gasteiger charge is 2.14. The van der Waals surface area contributed by atoms with Crippen molar-refractivity contribution in [2.45, 2.75) is 0 Å². The van der Waals surface area contributed by atoms with Crippen LogP contribution in [0.25, 0.3) is 0 Å². The highest BCUT2D eigenvalue weighted by Crippen LogP contribution is 2.17. The van der Waals surface area contributed by atoms with Crippen LogP contribution in [0.15, 0.2) is 36.7 Å². The van der Waals surface area contributed by atoms with Crippen molar-refractivity contribution in [2.75, 3.05) is 5.32 Å². The zero-order valence-electron chi connectivity index (χ0n) is 9.50. The van der Waals surface area contributed by atoms with E-state index in [1.807, 2.05) is 0 Å². The van der Waals surface area contributed by atoms with Gasteiger partial charge in [-0.25, -0.2) is 9.18 Å². The van der Waals surface area contributed by atoms with Crippen LogP contribution in [0.3, 0.4) is 0 Å². The Morgan fingerprint density at radius 2 is 2.00 bits per heavy atom.